The summed E-state index contributed by atoms with van der Waals surface area (Å²) >= 11 is 1.58. The lowest BCUT2D eigenvalue weighted by Crippen LogP contribution is -2.28. The number of hydrogen-bond donors (Lipinski definition) is 1. The molecule has 0 aliphatic carbocycles. The first-order chi connectivity index (χ1) is 10.6. The van der Waals surface area contributed by atoms with E-state index in [1.54, 1.807) is 29.5 Å². The molecule has 1 aromatic heterocycles. The monoisotopic (exact) mass is 319 g/mol. The molecule has 0 aliphatic heterocycles. The van der Waals surface area contributed by atoms with Crippen LogP contribution in [0.4, 0.5) is 0 Å². The van der Waals surface area contributed by atoms with Crippen molar-refractivity contribution in [2.75, 3.05) is 13.7 Å². The average molecular weight is 319 g/mol. The van der Waals surface area contributed by atoms with Crippen molar-refractivity contribution in [3.63, 3.8) is 0 Å². The van der Waals surface area contributed by atoms with E-state index in [1.165, 1.54) is 14.0 Å². The van der Waals surface area contributed by atoms with Gasteiger partial charge in [-0.3, -0.25) is 9.59 Å². The predicted octanol–water partition coefficient (Wildman–Crippen LogP) is 2.65. The highest BCUT2D eigenvalue weighted by molar-refractivity contribution is 7.09. The van der Waals surface area contributed by atoms with Crippen molar-refractivity contribution in [3.05, 3.63) is 46.2 Å². The molecule has 1 aromatic carbocycles. The number of rotatable bonds is 7. The quantitative estimate of drug-likeness (QED) is 0.797. The van der Waals surface area contributed by atoms with E-state index in [-0.39, 0.29) is 18.3 Å². The zero-order valence-corrected chi connectivity index (χ0v) is 13.2. The topological polar surface area (TPSA) is 64.6 Å². The Morgan fingerprint density at radius 2 is 2.05 bits per heavy atom. The lowest BCUT2D eigenvalue weighted by atomic mass is 10.1. The first kappa shape index (κ1) is 16.0. The molecule has 0 bridgehead atoms. The molecule has 5 nitrogen and oxygen atoms in total. The molecule has 1 amide bonds. The molecule has 0 aliphatic rings. The van der Waals surface area contributed by atoms with Gasteiger partial charge in [0.15, 0.2) is 23.9 Å². The first-order valence-corrected chi connectivity index (χ1v) is 7.59. The molecule has 6 heteroatoms. The number of ketones is 1. The van der Waals surface area contributed by atoms with Gasteiger partial charge in [-0.05, 0) is 36.6 Å². The van der Waals surface area contributed by atoms with Crippen LogP contribution in [0, 0.1) is 0 Å². The lowest BCUT2D eigenvalue weighted by molar-refractivity contribution is -0.123. The van der Waals surface area contributed by atoms with Gasteiger partial charge in [-0.1, -0.05) is 6.07 Å². The third-order valence-electron chi connectivity index (χ3n) is 2.97. The van der Waals surface area contributed by atoms with E-state index in [9.17, 15) is 9.59 Å². The van der Waals surface area contributed by atoms with Gasteiger partial charge in [-0.2, -0.15) is 0 Å². The SMILES string of the molecule is COc1cc(C(C)=O)ccc1OCC(=O)NCc1cccs1. The van der Waals surface area contributed by atoms with Crippen LogP contribution in [0.2, 0.25) is 0 Å². The fourth-order valence-corrected chi connectivity index (χ4v) is 2.44. The molecule has 116 valence electrons. The number of ether oxygens (including phenoxy) is 2. The van der Waals surface area contributed by atoms with Gasteiger partial charge in [-0.25, -0.2) is 0 Å². The summed E-state index contributed by atoms with van der Waals surface area (Å²) < 4.78 is 10.6. The van der Waals surface area contributed by atoms with Gasteiger partial charge in [0.2, 0.25) is 0 Å². The second-order valence-corrected chi connectivity index (χ2v) is 5.60. The van der Waals surface area contributed by atoms with Crippen molar-refractivity contribution in [3.8, 4) is 11.5 Å². The van der Waals surface area contributed by atoms with E-state index in [1.807, 2.05) is 17.5 Å². The minimum Gasteiger partial charge on any atom is -0.493 e. The normalized spacial score (nSPS) is 10.1. The van der Waals surface area contributed by atoms with Gasteiger partial charge in [0.25, 0.3) is 5.91 Å². The second kappa shape index (κ2) is 7.61. The highest BCUT2D eigenvalue weighted by atomic mass is 32.1. The summed E-state index contributed by atoms with van der Waals surface area (Å²) in [7, 11) is 1.49. The van der Waals surface area contributed by atoms with Gasteiger partial charge in [-0.15, -0.1) is 11.3 Å². The minimum atomic E-state index is -0.217. The Balaban J connectivity index is 1.90. The van der Waals surface area contributed by atoms with E-state index in [4.69, 9.17) is 9.47 Å². The number of methoxy groups -OCH3 is 1. The van der Waals surface area contributed by atoms with Crippen LogP contribution in [0.25, 0.3) is 0 Å². The van der Waals surface area contributed by atoms with Crippen LogP contribution in [0.1, 0.15) is 22.2 Å². The lowest BCUT2D eigenvalue weighted by Gasteiger charge is -2.11. The Hall–Kier alpha value is -2.34. The molecule has 1 N–H and O–H groups in total. The summed E-state index contributed by atoms with van der Waals surface area (Å²) in [5.74, 6) is 0.585. The molecule has 1 heterocycles. The predicted molar refractivity (Wildman–Crippen MR) is 84.7 cm³/mol. The second-order valence-electron chi connectivity index (χ2n) is 4.57. The maximum atomic E-state index is 11.8. The van der Waals surface area contributed by atoms with E-state index in [2.05, 4.69) is 5.32 Å². The Morgan fingerprint density at radius 3 is 2.68 bits per heavy atom. The average Bonchev–Trinajstić information content (AvgIpc) is 3.04. The van der Waals surface area contributed by atoms with Crippen LogP contribution in [0.3, 0.4) is 0 Å². The van der Waals surface area contributed by atoms with Crippen molar-refractivity contribution in [2.24, 2.45) is 0 Å². The number of carbonyl (C=O) groups is 2. The minimum absolute atomic E-state index is 0.0569. The summed E-state index contributed by atoms with van der Waals surface area (Å²) in [5, 5.41) is 4.73. The molecular weight excluding hydrogens is 302 g/mol. The van der Waals surface area contributed by atoms with Crippen LogP contribution >= 0.6 is 11.3 Å². The molecule has 0 radical (unpaired) electrons. The molecule has 0 saturated heterocycles. The third kappa shape index (κ3) is 4.33. The van der Waals surface area contributed by atoms with Crippen LogP contribution < -0.4 is 14.8 Å². The molecule has 2 rings (SSSR count). The van der Waals surface area contributed by atoms with Crippen molar-refractivity contribution >= 4 is 23.0 Å². The van der Waals surface area contributed by atoms with Crippen LogP contribution in [0.15, 0.2) is 35.7 Å². The summed E-state index contributed by atoms with van der Waals surface area (Å²) in [5.41, 5.74) is 0.534. The van der Waals surface area contributed by atoms with Crippen molar-refractivity contribution in [1.29, 1.82) is 0 Å². The van der Waals surface area contributed by atoms with Crippen molar-refractivity contribution in [1.82, 2.24) is 5.32 Å². The molecule has 0 saturated carbocycles. The standard InChI is InChI=1S/C16H17NO4S/c1-11(18)12-5-6-14(15(8-12)20-2)21-10-16(19)17-9-13-4-3-7-22-13/h3-8H,9-10H2,1-2H3,(H,17,19). The number of hydrogen-bond acceptors (Lipinski definition) is 5. The zero-order valence-electron chi connectivity index (χ0n) is 12.4. The summed E-state index contributed by atoms with van der Waals surface area (Å²) in [6.07, 6.45) is 0. The molecule has 0 fully saturated rings. The summed E-state index contributed by atoms with van der Waals surface area (Å²) in [6, 6.07) is 8.76. The summed E-state index contributed by atoms with van der Waals surface area (Å²) in [6.45, 7) is 1.86. The largest absolute Gasteiger partial charge is 0.493 e. The highest BCUT2D eigenvalue weighted by Gasteiger charge is 2.10. The Labute approximate surface area is 132 Å². The number of nitrogens with one attached hydrogen (secondary N) is 1. The van der Waals surface area contributed by atoms with E-state index in [0.29, 0.717) is 23.6 Å². The van der Waals surface area contributed by atoms with Crippen molar-refractivity contribution < 1.29 is 19.1 Å². The number of carbonyl (C=O) groups excluding carboxylic acids is 2. The fraction of sp³-hybridized carbons (Fsp3) is 0.250. The van der Waals surface area contributed by atoms with E-state index < -0.39 is 0 Å². The van der Waals surface area contributed by atoms with E-state index in [0.717, 1.165) is 4.88 Å². The Morgan fingerprint density at radius 1 is 1.23 bits per heavy atom. The molecule has 0 unspecified atom stereocenters. The van der Waals surface area contributed by atoms with Crippen LogP contribution in [-0.2, 0) is 11.3 Å². The van der Waals surface area contributed by atoms with Gasteiger partial charge in [0, 0.05) is 10.4 Å². The third-order valence-corrected chi connectivity index (χ3v) is 3.85. The Kier molecular flexibility index (Phi) is 5.55. The molecular formula is C16H17NO4S. The fourth-order valence-electron chi connectivity index (χ4n) is 1.80. The highest BCUT2D eigenvalue weighted by Crippen LogP contribution is 2.28. The number of benzene rings is 1. The zero-order chi connectivity index (χ0) is 15.9. The smallest absolute Gasteiger partial charge is 0.258 e. The number of amides is 1. The molecule has 0 atom stereocenters. The first-order valence-electron chi connectivity index (χ1n) is 6.71. The molecule has 22 heavy (non-hydrogen) atoms. The number of thiophene rings is 1. The van der Waals surface area contributed by atoms with E-state index >= 15 is 0 Å². The number of Topliss-reactive ketones (excluding diaryl/α,β-unsaturated/α-hetero) is 1. The van der Waals surface area contributed by atoms with Crippen LogP contribution in [-0.4, -0.2) is 25.4 Å². The van der Waals surface area contributed by atoms with Crippen LogP contribution in [0.5, 0.6) is 11.5 Å². The molecule has 2 aromatic rings. The van der Waals surface area contributed by atoms with Crippen molar-refractivity contribution in [2.45, 2.75) is 13.5 Å². The Bertz CT molecular complexity index is 652. The maximum Gasteiger partial charge on any atom is 0.258 e. The van der Waals surface area contributed by atoms with Gasteiger partial charge in [0.05, 0.1) is 13.7 Å². The van der Waals surface area contributed by atoms with Gasteiger partial charge >= 0.3 is 0 Å². The van der Waals surface area contributed by atoms with Gasteiger partial charge in [0.1, 0.15) is 0 Å². The maximum absolute atomic E-state index is 11.8. The molecule has 0 spiro atoms. The van der Waals surface area contributed by atoms with Gasteiger partial charge < -0.3 is 14.8 Å². The summed E-state index contributed by atoms with van der Waals surface area (Å²) in [4.78, 5) is 24.2.